The molecule has 94 valence electrons. The van der Waals surface area contributed by atoms with Crippen molar-refractivity contribution < 1.29 is 14.3 Å². The molecule has 2 rings (SSSR count). The highest BCUT2D eigenvalue weighted by Crippen LogP contribution is 2.54. The van der Waals surface area contributed by atoms with Crippen molar-refractivity contribution >= 4 is 12.0 Å². The van der Waals surface area contributed by atoms with Crippen molar-refractivity contribution in [2.24, 2.45) is 5.92 Å². The molecule has 1 aliphatic heterocycles. The minimum Gasteiger partial charge on any atom is -0.443 e. The Morgan fingerprint density at radius 3 is 2.53 bits per heavy atom. The van der Waals surface area contributed by atoms with E-state index < -0.39 is 11.7 Å². The summed E-state index contributed by atoms with van der Waals surface area (Å²) in [5.74, 6) is -0.0517. The first-order valence-corrected chi connectivity index (χ1v) is 5.99. The molecule has 2 amide bonds. The normalized spacial score (nSPS) is 26.2. The Morgan fingerprint density at radius 2 is 2.12 bits per heavy atom. The SMILES string of the molecule is C=CC1CC(=O)N(C(=O)OC(C)(C)C)C12CC2. The minimum absolute atomic E-state index is 0.0857. The molecule has 1 unspecified atom stereocenters. The van der Waals surface area contributed by atoms with Crippen molar-refractivity contribution in [2.75, 3.05) is 0 Å². The fourth-order valence-electron chi connectivity index (χ4n) is 2.50. The second-order valence-corrected chi connectivity index (χ2v) is 5.86. The van der Waals surface area contributed by atoms with Crippen LogP contribution in [-0.4, -0.2) is 28.0 Å². The maximum absolute atomic E-state index is 12.0. The van der Waals surface area contributed by atoms with Crippen molar-refractivity contribution in [1.82, 2.24) is 4.90 Å². The Bertz CT molecular complexity index is 377. The molecule has 2 aliphatic rings. The van der Waals surface area contributed by atoms with Crippen LogP contribution in [0.2, 0.25) is 0 Å². The molecule has 1 aliphatic carbocycles. The average Bonchev–Trinajstić information content (AvgIpc) is 2.85. The van der Waals surface area contributed by atoms with Gasteiger partial charge in [0, 0.05) is 12.3 Å². The van der Waals surface area contributed by atoms with Gasteiger partial charge in [0.15, 0.2) is 0 Å². The molecule has 17 heavy (non-hydrogen) atoms. The third-order valence-electron chi connectivity index (χ3n) is 3.40. The molecule has 0 N–H and O–H groups in total. The highest BCUT2D eigenvalue weighted by atomic mass is 16.6. The predicted octanol–water partition coefficient (Wildman–Crippen LogP) is 2.49. The first kappa shape index (κ1) is 12.1. The standard InChI is InChI=1S/C13H19NO3/c1-5-9-8-10(15)14(13(9)6-7-13)11(16)17-12(2,3)4/h5,9H,1,6-8H2,2-4H3. The number of carbonyl (C=O) groups excluding carboxylic acids is 2. The molecular formula is C13H19NO3. The minimum atomic E-state index is -0.570. The van der Waals surface area contributed by atoms with E-state index in [2.05, 4.69) is 6.58 Å². The van der Waals surface area contributed by atoms with Crippen molar-refractivity contribution in [3.8, 4) is 0 Å². The van der Waals surface area contributed by atoms with E-state index in [0.717, 1.165) is 12.8 Å². The van der Waals surface area contributed by atoms with Crippen LogP contribution in [0.15, 0.2) is 12.7 Å². The lowest BCUT2D eigenvalue weighted by atomic mass is 9.98. The molecule has 1 saturated heterocycles. The number of likely N-dealkylation sites (tertiary alicyclic amines) is 1. The fourth-order valence-corrected chi connectivity index (χ4v) is 2.50. The van der Waals surface area contributed by atoms with Gasteiger partial charge in [-0.25, -0.2) is 9.69 Å². The lowest BCUT2D eigenvalue weighted by molar-refractivity contribution is -0.128. The highest BCUT2D eigenvalue weighted by Gasteiger charge is 2.62. The zero-order valence-corrected chi connectivity index (χ0v) is 10.7. The van der Waals surface area contributed by atoms with Crippen LogP contribution in [0.25, 0.3) is 0 Å². The summed E-state index contributed by atoms with van der Waals surface area (Å²) in [4.78, 5) is 25.3. The monoisotopic (exact) mass is 237 g/mol. The summed E-state index contributed by atoms with van der Waals surface area (Å²) >= 11 is 0. The summed E-state index contributed by atoms with van der Waals surface area (Å²) in [6.07, 6.45) is 3.39. The van der Waals surface area contributed by atoms with Crippen LogP contribution in [0.3, 0.4) is 0 Å². The number of rotatable bonds is 1. The third-order valence-corrected chi connectivity index (χ3v) is 3.40. The van der Waals surface area contributed by atoms with E-state index in [9.17, 15) is 9.59 Å². The largest absolute Gasteiger partial charge is 0.443 e. The van der Waals surface area contributed by atoms with E-state index in [1.165, 1.54) is 4.90 Å². The van der Waals surface area contributed by atoms with E-state index in [4.69, 9.17) is 4.74 Å². The van der Waals surface area contributed by atoms with Crippen molar-refractivity contribution in [1.29, 1.82) is 0 Å². The summed E-state index contributed by atoms with van der Waals surface area (Å²) in [7, 11) is 0. The molecule has 0 radical (unpaired) electrons. The van der Waals surface area contributed by atoms with E-state index in [0.29, 0.717) is 6.42 Å². The first-order chi connectivity index (χ1) is 7.80. The van der Waals surface area contributed by atoms with Gasteiger partial charge in [-0.3, -0.25) is 4.79 Å². The molecule has 0 aromatic carbocycles. The topological polar surface area (TPSA) is 46.6 Å². The summed E-state index contributed by atoms with van der Waals surface area (Å²) in [5, 5.41) is 0. The molecule has 1 saturated carbocycles. The summed E-state index contributed by atoms with van der Waals surface area (Å²) in [6.45, 7) is 9.15. The van der Waals surface area contributed by atoms with Gasteiger partial charge < -0.3 is 4.74 Å². The van der Waals surface area contributed by atoms with Gasteiger partial charge in [-0.2, -0.15) is 0 Å². The van der Waals surface area contributed by atoms with E-state index in [1.807, 2.05) is 0 Å². The van der Waals surface area contributed by atoms with Gasteiger partial charge in [0.1, 0.15) is 5.60 Å². The summed E-state index contributed by atoms with van der Waals surface area (Å²) < 4.78 is 5.29. The Labute approximate surface area is 102 Å². The predicted molar refractivity (Wildman–Crippen MR) is 63.3 cm³/mol. The number of hydrogen-bond donors (Lipinski definition) is 0. The van der Waals surface area contributed by atoms with Crippen LogP contribution in [0.4, 0.5) is 4.79 Å². The van der Waals surface area contributed by atoms with E-state index in [1.54, 1.807) is 26.8 Å². The molecule has 0 aromatic heterocycles. The molecule has 0 aromatic rings. The number of hydrogen-bond acceptors (Lipinski definition) is 3. The smallest absolute Gasteiger partial charge is 0.417 e. The van der Waals surface area contributed by atoms with Gasteiger partial charge in [0.25, 0.3) is 0 Å². The molecular weight excluding hydrogens is 218 g/mol. The Balaban J connectivity index is 2.18. The number of ether oxygens (including phenoxy) is 1. The van der Waals surface area contributed by atoms with Crippen molar-refractivity contribution in [2.45, 2.75) is 51.2 Å². The summed E-state index contributed by atoms with van der Waals surface area (Å²) in [5.41, 5.74) is -0.888. The fraction of sp³-hybridized carbons (Fsp3) is 0.692. The lowest BCUT2D eigenvalue weighted by Gasteiger charge is -2.28. The van der Waals surface area contributed by atoms with Gasteiger partial charge >= 0.3 is 6.09 Å². The van der Waals surface area contributed by atoms with Crippen LogP contribution in [0, 0.1) is 5.92 Å². The third kappa shape index (κ3) is 1.96. The van der Waals surface area contributed by atoms with Crippen molar-refractivity contribution in [3.05, 3.63) is 12.7 Å². The maximum atomic E-state index is 12.0. The molecule has 1 atom stereocenters. The van der Waals surface area contributed by atoms with Gasteiger partial charge in [-0.15, -0.1) is 6.58 Å². The zero-order chi connectivity index (χ0) is 12.8. The summed E-state index contributed by atoms with van der Waals surface area (Å²) in [6, 6.07) is 0. The lowest BCUT2D eigenvalue weighted by Crippen LogP contribution is -2.44. The molecule has 4 nitrogen and oxygen atoms in total. The second kappa shape index (κ2) is 3.59. The molecule has 0 bridgehead atoms. The molecule has 2 fully saturated rings. The van der Waals surface area contributed by atoms with Gasteiger partial charge in [0.2, 0.25) is 5.91 Å². The maximum Gasteiger partial charge on any atom is 0.417 e. The van der Waals surface area contributed by atoms with Gasteiger partial charge in [-0.1, -0.05) is 6.08 Å². The number of nitrogens with zero attached hydrogens (tertiary/aromatic N) is 1. The van der Waals surface area contributed by atoms with Crippen molar-refractivity contribution in [3.63, 3.8) is 0 Å². The number of imide groups is 1. The second-order valence-electron chi connectivity index (χ2n) is 5.86. The molecule has 1 spiro atoms. The van der Waals surface area contributed by atoms with Gasteiger partial charge in [-0.05, 0) is 33.6 Å². The Morgan fingerprint density at radius 1 is 1.53 bits per heavy atom. The quantitative estimate of drug-likeness (QED) is 0.658. The van der Waals surface area contributed by atoms with Crippen LogP contribution >= 0.6 is 0 Å². The molecule has 4 heteroatoms. The number of carbonyl (C=O) groups is 2. The Hall–Kier alpha value is -1.32. The van der Waals surface area contributed by atoms with Crippen LogP contribution in [0.5, 0.6) is 0 Å². The van der Waals surface area contributed by atoms with Gasteiger partial charge in [0.05, 0.1) is 5.54 Å². The highest BCUT2D eigenvalue weighted by molar-refractivity contribution is 5.96. The average molecular weight is 237 g/mol. The van der Waals surface area contributed by atoms with Crippen LogP contribution in [0.1, 0.15) is 40.0 Å². The van der Waals surface area contributed by atoms with Crippen LogP contribution in [-0.2, 0) is 9.53 Å². The Kier molecular flexibility index (Phi) is 2.56. The van der Waals surface area contributed by atoms with E-state index >= 15 is 0 Å². The molecule has 1 heterocycles. The van der Waals surface area contributed by atoms with E-state index in [-0.39, 0.29) is 17.4 Å². The van der Waals surface area contributed by atoms with Crippen LogP contribution < -0.4 is 0 Å². The number of amides is 2. The first-order valence-electron chi connectivity index (χ1n) is 5.99. The zero-order valence-electron chi connectivity index (χ0n) is 10.7.